The number of halogens is 6. The molecule has 0 N–H and O–H groups in total. The lowest BCUT2D eigenvalue weighted by Gasteiger charge is -2.29. The Morgan fingerprint density at radius 3 is 1.88 bits per heavy atom. The third kappa shape index (κ3) is 4.67. The highest BCUT2D eigenvalue weighted by Gasteiger charge is 2.49. The molecule has 0 saturated carbocycles. The largest absolute Gasteiger partial charge is 0.466 e. The van der Waals surface area contributed by atoms with Crippen molar-refractivity contribution in [2.45, 2.75) is 51.4 Å². The smallest absolute Gasteiger partial charge is 0.397 e. The third-order valence-corrected chi connectivity index (χ3v) is 4.26. The molecule has 0 aliphatic rings. The van der Waals surface area contributed by atoms with Crippen LogP contribution in [-0.2, 0) is 14.9 Å². The summed E-state index contributed by atoms with van der Waals surface area (Å²) in [6, 6.07) is 4.43. The van der Waals surface area contributed by atoms with Crippen molar-refractivity contribution < 1.29 is 35.9 Å². The van der Waals surface area contributed by atoms with Crippen LogP contribution < -0.4 is 0 Å². The summed E-state index contributed by atoms with van der Waals surface area (Å²) in [4.78, 5) is 12.0. The highest BCUT2D eigenvalue weighted by molar-refractivity contribution is 5.78. The maximum absolute atomic E-state index is 13.1. The molecule has 2 atom stereocenters. The summed E-state index contributed by atoms with van der Waals surface area (Å²) in [6.07, 6.45) is -9.17. The van der Waals surface area contributed by atoms with Crippen LogP contribution in [0.3, 0.4) is 0 Å². The zero-order valence-electron chi connectivity index (χ0n) is 14.3. The van der Waals surface area contributed by atoms with Crippen LogP contribution in [0.2, 0.25) is 0 Å². The van der Waals surface area contributed by atoms with E-state index in [9.17, 15) is 31.1 Å². The Labute approximate surface area is 142 Å². The van der Waals surface area contributed by atoms with E-state index in [4.69, 9.17) is 4.74 Å². The first-order valence-corrected chi connectivity index (χ1v) is 7.64. The van der Waals surface area contributed by atoms with Gasteiger partial charge >= 0.3 is 18.3 Å². The van der Waals surface area contributed by atoms with Crippen LogP contribution in [0.4, 0.5) is 26.3 Å². The molecule has 0 spiro atoms. The Bertz CT molecular complexity index is 587. The first kappa shape index (κ1) is 21.3. The quantitative estimate of drug-likeness (QED) is 0.514. The summed E-state index contributed by atoms with van der Waals surface area (Å²) >= 11 is 0. The van der Waals surface area contributed by atoms with Crippen molar-refractivity contribution in [1.82, 2.24) is 0 Å². The van der Waals surface area contributed by atoms with Gasteiger partial charge < -0.3 is 4.74 Å². The van der Waals surface area contributed by atoms with Gasteiger partial charge in [-0.25, -0.2) is 0 Å². The Morgan fingerprint density at radius 1 is 1.04 bits per heavy atom. The maximum atomic E-state index is 13.1. The van der Waals surface area contributed by atoms with E-state index < -0.39 is 35.6 Å². The van der Waals surface area contributed by atoms with Crippen LogP contribution in [0.1, 0.15) is 44.7 Å². The number of carbonyl (C=O) groups excluding carboxylic acids is 1. The van der Waals surface area contributed by atoms with Crippen LogP contribution in [0.25, 0.3) is 0 Å². The predicted molar refractivity (Wildman–Crippen MR) is 80.1 cm³/mol. The Balaban J connectivity index is 3.28. The molecule has 0 fully saturated rings. The van der Waals surface area contributed by atoms with E-state index in [0.717, 1.165) is 45.0 Å². The van der Waals surface area contributed by atoms with Gasteiger partial charge in [0.1, 0.15) is 0 Å². The van der Waals surface area contributed by atoms with Gasteiger partial charge in [-0.05, 0) is 31.9 Å². The lowest BCUT2D eigenvalue weighted by atomic mass is 9.81. The van der Waals surface area contributed by atoms with Gasteiger partial charge in [0.15, 0.2) is 0 Å². The summed E-state index contributed by atoms with van der Waals surface area (Å²) in [6.45, 7) is 4.16. The fourth-order valence-corrected chi connectivity index (χ4v) is 2.32. The zero-order chi connectivity index (χ0) is 19.6. The van der Waals surface area contributed by atoms with Crippen molar-refractivity contribution >= 4 is 5.97 Å². The molecule has 0 aliphatic heterocycles. The molecule has 0 aliphatic carbocycles. The molecule has 25 heavy (non-hydrogen) atoms. The monoisotopic (exact) mass is 370 g/mol. The standard InChI is InChI=1S/C17H20F6O2/c1-5-25-14(24)13(10(2)16(18,19)20)11-6-8-12(9-7-11)15(3,4)17(21,22)23/h6-10,13H,5H2,1-4H3/t10-,13?/m1/s1. The molecular weight excluding hydrogens is 350 g/mol. The lowest BCUT2D eigenvalue weighted by molar-refractivity contribution is -0.185. The Kier molecular flexibility index (Phi) is 6.18. The molecule has 1 unspecified atom stereocenters. The number of hydrogen-bond acceptors (Lipinski definition) is 2. The van der Waals surface area contributed by atoms with E-state index >= 15 is 0 Å². The van der Waals surface area contributed by atoms with Gasteiger partial charge in [-0.1, -0.05) is 31.2 Å². The molecule has 0 aromatic heterocycles. The maximum Gasteiger partial charge on any atom is 0.397 e. The summed E-state index contributed by atoms with van der Waals surface area (Å²) in [7, 11) is 0. The second kappa shape index (κ2) is 7.25. The van der Waals surface area contributed by atoms with Crippen molar-refractivity contribution in [2.75, 3.05) is 6.61 Å². The summed E-state index contributed by atoms with van der Waals surface area (Å²) < 4.78 is 83.1. The van der Waals surface area contributed by atoms with E-state index in [1.807, 2.05) is 0 Å². The van der Waals surface area contributed by atoms with Crippen molar-refractivity contribution in [3.8, 4) is 0 Å². The first-order valence-electron chi connectivity index (χ1n) is 7.64. The highest BCUT2D eigenvalue weighted by atomic mass is 19.4. The number of ether oxygens (including phenoxy) is 1. The number of alkyl halides is 6. The second-order valence-electron chi connectivity index (χ2n) is 6.30. The predicted octanol–water partition coefficient (Wildman–Crippen LogP) is 5.37. The summed E-state index contributed by atoms with van der Waals surface area (Å²) in [5.41, 5.74) is -2.31. The fourth-order valence-electron chi connectivity index (χ4n) is 2.32. The normalized spacial score (nSPS) is 15.6. The van der Waals surface area contributed by atoms with Gasteiger partial charge in [-0.15, -0.1) is 0 Å². The van der Waals surface area contributed by atoms with Gasteiger partial charge in [-0.2, -0.15) is 26.3 Å². The summed E-state index contributed by atoms with van der Waals surface area (Å²) in [5, 5.41) is 0. The van der Waals surface area contributed by atoms with E-state index in [1.165, 1.54) is 6.92 Å². The molecule has 142 valence electrons. The van der Waals surface area contributed by atoms with Crippen LogP contribution in [-0.4, -0.2) is 24.9 Å². The molecule has 0 saturated heterocycles. The number of esters is 1. The van der Waals surface area contributed by atoms with Crippen LogP contribution in [0, 0.1) is 5.92 Å². The number of carbonyl (C=O) groups is 1. The topological polar surface area (TPSA) is 26.3 Å². The Morgan fingerprint density at radius 2 is 1.52 bits per heavy atom. The van der Waals surface area contributed by atoms with Crippen molar-refractivity contribution in [2.24, 2.45) is 5.92 Å². The van der Waals surface area contributed by atoms with E-state index in [1.54, 1.807) is 0 Å². The van der Waals surface area contributed by atoms with Gasteiger partial charge in [0.25, 0.3) is 0 Å². The van der Waals surface area contributed by atoms with Crippen LogP contribution >= 0.6 is 0 Å². The molecule has 0 bridgehead atoms. The SMILES string of the molecule is CCOC(=O)C(c1ccc(C(C)(C)C(F)(F)F)cc1)[C@@H](C)C(F)(F)F. The minimum Gasteiger partial charge on any atom is -0.466 e. The number of rotatable bonds is 5. The minimum atomic E-state index is -4.65. The fraction of sp³-hybridized carbons (Fsp3) is 0.588. The molecule has 1 aromatic carbocycles. The van der Waals surface area contributed by atoms with Crippen molar-refractivity contribution in [3.63, 3.8) is 0 Å². The molecule has 2 nitrogen and oxygen atoms in total. The van der Waals surface area contributed by atoms with Gasteiger partial charge in [0.2, 0.25) is 0 Å². The average Bonchev–Trinajstić information content (AvgIpc) is 2.46. The molecule has 0 amide bonds. The van der Waals surface area contributed by atoms with E-state index in [-0.39, 0.29) is 17.7 Å². The Hall–Kier alpha value is -1.73. The molecule has 0 heterocycles. The summed E-state index contributed by atoms with van der Waals surface area (Å²) in [5.74, 6) is -4.73. The zero-order valence-corrected chi connectivity index (χ0v) is 14.3. The molecular formula is C17H20F6O2. The number of benzene rings is 1. The molecule has 1 aromatic rings. The van der Waals surface area contributed by atoms with E-state index in [0.29, 0.717) is 0 Å². The lowest BCUT2D eigenvalue weighted by Crippen LogP contribution is -2.36. The third-order valence-electron chi connectivity index (χ3n) is 4.26. The highest BCUT2D eigenvalue weighted by Crippen LogP contribution is 2.42. The minimum absolute atomic E-state index is 0.0370. The number of hydrogen-bond donors (Lipinski definition) is 0. The molecule has 0 radical (unpaired) electrons. The second-order valence-corrected chi connectivity index (χ2v) is 6.30. The first-order chi connectivity index (χ1) is 11.2. The van der Waals surface area contributed by atoms with Crippen LogP contribution in [0.15, 0.2) is 24.3 Å². The van der Waals surface area contributed by atoms with Gasteiger partial charge in [0.05, 0.1) is 23.9 Å². The average molecular weight is 370 g/mol. The van der Waals surface area contributed by atoms with Gasteiger partial charge in [-0.3, -0.25) is 4.79 Å². The molecule has 8 heteroatoms. The van der Waals surface area contributed by atoms with E-state index in [2.05, 4.69) is 0 Å². The van der Waals surface area contributed by atoms with Gasteiger partial charge in [0, 0.05) is 0 Å². The van der Waals surface area contributed by atoms with Crippen molar-refractivity contribution in [3.05, 3.63) is 35.4 Å². The van der Waals surface area contributed by atoms with Crippen molar-refractivity contribution in [1.29, 1.82) is 0 Å². The van der Waals surface area contributed by atoms with Crippen LogP contribution in [0.5, 0.6) is 0 Å². The molecule has 1 rings (SSSR count).